The summed E-state index contributed by atoms with van der Waals surface area (Å²) in [7, 11) is -0.953. The highest BCUT2D eigenvalue weighted by atomic mass is 35.5. The van der Waals surface area contributed by atoms with Crippen molar-refractivity contribution < 1.29 is 32.2 Å². The Balaban J connectivity index is 1.46. The number of hydrogen-bond donors (Lipinski definition) is 1. The molecule has 1 unspecified atom stereocenters. The van der Waals surface area contributed by atoms with Crippen molar-refractivity contribution in [2.75, 3.05) is 38.2 Å². The maximum atomic E-state index is 13.5. The first-order valence-corrected chi connectivity index (χ1v) is 12.8. The van der Waals surface area contributed by atoms with Crippen molar-refractivity contribution in [1.82, 2.24) is 5.32 Å². The number of ether oxygens (including phenoxy) is 4. The van der Waals surface area contributed by atoms with Gasteiger partial charge in [0.15, 0.2) is 6.10 Å². The number of nitrogens with zero attached hydrogens (tertiary/aromatic N) is 1. The number of rotatable bonds is 9. The molecular weight excluding hydrogens is 508 g/mol. The quantitative estimate of drug-likeness (QED) is 0.421. The Morgan fingerprint density at radius 1 is 1.00 bits per heavy atom. The lowest BCUT2D eigenvalue weighted by atomic mass is 10.2. The van der Waals surface area contributed by atoms with E-state index >= 15 is 0 Å². The number of hydrogen-bond acceptors (Lipinski definition) is 7. The first kappa shape index (κ1) is 25.5. The lowest BCUT2D eigenvalue weighted by Gasteiger charge is -2.34. The Morgan fingerprint density at radius 2 is 1.61 bits per heavy atom. The third kappa shape index (κ3) is 5.60. The molecule has 36 heavy (non-hydrogen) atoms. The number of benzene rings is 3. The van der Waals surface area contributed by atoms with Crippen LogP contribution in [0.4, 0.5) is 5.69 Å². The highest BCUT2D eigenvalue weighted by molar-refractivity contribution is 7.92. The van der Waals surface area contributed by atoms with Gasteiger partial charge in [-0.05, 0) is 66.7 Å². The Bertz CT molecular complexity index is 1320. The molecule has 0 spiro atoms. The van der Waals surface area contributed by atoms with Crippen LogP contribution in [0.3, 0.4) is 0 Å². The molecule has 1 N–H and O–H groups in total. The van der Waals surface area contributed by atoms with Gasteiger partial charge in [0.05, 0.1) is 37.9 Å². The van der Waals surface area contributed by atoms with Crippen molar-refractivity contribution in [3.63, 3.8) is 0 Å². The van der Waals surface area contributed by atoms with Crippen LogP contribution in [-0.4, -0.2) is 54.3 Å². The third-order valence-electron chi connectivity index (χ3n) is 5.46. The van der Waals surface area contributed by atoms with Gasteiger partial charge in [-0.3, -0.25) is 9.10 Å². The fourth-order valence-electron chi connectivity index (χ4n) is 3.59. The molecule has 0 bridgehead atoms. The molecule has 0 fully saturated rings. The molecule has 0 aliphatic carbocycles. The van der Waals surface area contributed by atoms with Crippen LogP contribution in [0.1, 0.15) is 0 Å². The number of carbonyl (C=O) groups excluding carboxylic acids is 1. The summed E-state index contributed by atoms with van der Waals surface area (Å²) >= 11 is 6.13. The number of nitrogens with one attached hydrogen (secondary N) is 1. The molecule has 11 heteroatoms. The van der Waals surface area contributed by atoms with E-state index < -0.39 is 22.0 Å². The second-order valence-electron chi connectivity index (χ2n) is 7.75. The van der Waals surface area contributed by atoms with Crippen molar-refractivity contribution >= 4 is 33.2 Å². The lowest BCUT2D eigenvalue weighted by molar-refractivity contribution is -0.127. The number of halogens is 1. The van der Waals surface area contributed by atoms with Crippen LogP contribution in [0.25, 0.3) is 0 Å². The molecule has 3 aromatic carbocycles. The Hall–Kier alpha value is -3.63. The molecule has 0 saturated heterocycles. The van der Waals surface area contributed by atoms with E-state index in [9.17, 15) is 13.2 Å². The summed E-state index contributed by atoms with van der Waals surface area (Å²) in [6.07, 6.45) is -1.08. The first-order chi connectivity index (χ1) is 17.3. The Labute approximate surface area is 214 Å². The van der Waals surface area contributed by atoms with E-state index in [0.717, 1.165) is 4.31 Å². The number of sulfonamides is 1. The number of fused-ring (bicyclic) bond motifs is 1. The molecular formula is C25H25ClN2O7S. The van der Waals surface area contributed by atoms with Crippen molar-refractivity contribution in [2.24, 2.45) is 0 Å². The van der Waals surface area contributed by atoms with Crippen LogP contribution >= 0.6 is 11.6 Å². The summed E-state index contributed by atoms with van der Waals surface area (Å²) < 4.78 is 49.9. The van der Waals surface area contributed by atoms with Crippen molar-refractivity contribution in [2.45, 2.75) is 11.0 Å². The Kier molecular flexibility index (Phi) is 7.76. The van der Waals surface area contributed by atoms with Crippen molar-refractivity contribution in [3.8, 4) is 23.0 Å². The number of methoxy groups -OCH3 is 2. The van der Waals surface area contributed by atoms with E-state index in [0.29, 0.717) is 22.3 Å². The fraction of sp³-hybridized carbons (Fsp3) is 0.240. The van der Waals surface area contributed by atoms with Gasteiger partial charge in [-0.25, -0.2) is 8.42 Å². The first-order valence-electron chi connectivity index (χ1n) is 11.0. The smallest absolute Gasteiger partial charge is 0.264 e. The molecule has 4 rings (SSSR count). The van der Waals surface area contributed by atoms with Crippen LogP contribution in [0, 0.1) is 0 Å². The van der Waals surface area contributed by atoms with Crippen LogP contribution in [0.5, 0.6) is 23.0 Å². The SMILES string of the molecule is COc1ccc(OCCNC(=O)C2CN(S(=O)(=O)c3ccc(OC)cc3)c3cc(Cl)ccc3O2)cc1. The third-order valence-corrected chi connectivity index (χ3v) is 7.49. The van der Waals surface area contributed by atoms with Crippen LogP contribution in [0.2, 0.25) is 5.02 Å². The van der Waals surface area contributed by atoms with Gasteiger partial charge in [-0.1, -0.05) is 11.6 Å². The molecule has 190 valence electrons. The summed E-state index contributed by atoms with van der Waals surface area (Å²) in [6, 6.07) is 17.7. The molecule has 1 aliphatic rings. The molecule has 0 radical (unpaired) electrons. The maximum absolute atomic E-state index is 13.5. The minimum atomic E-state index is -4.03. The zero-order chi connectivity index (χ0) is 25.7. The molecule has 0 aromatic heterocycles. The average molecular weight is 533 g/mol. The number of anilines is 1. The summed E-state index contributed by atoms with van der Waals surface area (Å²) in [5, 5.41) is 3.08. The van der Waals surface area contributed by atoms with Crippen molar-refractivity contribution in [3.05, 3.63) is 71.8 Å². The summed E-state index contributed by atoms with van der Waals surface area (Å²) in [6.45, 7) is 0.182. The van der Waals surface area contributed by atoms with Gasteiger partial charge in [-0.15, -0.1) is 0 Å². The van der Waals surface area contributed by atoms with Gasteiger partial charge in [-0.2, -0.15) is 0 Å². The van der Waals surface area contributed by atoms with Crippen LogP contribution < -0.4 is 28.6 Å². The predicted molar refractivity (Wildman–Crippen MR) is 135 cm³/mol. The molecule has 3 aromatic rings. The molecule has 1 atom stereocenters. The van der Waals surface area contributed by atoms with Crippen LogP contribution in [0.15, 0.2) is 71.6 Å². The fourth-order valence-corrected chi connectivity index (χ4v) is 5.23. The minimum Gasteiger partial charge on any atom is -0.497 e. The molecule has 0 saturated carbocycles. The monoisotopic (exact) mass is 532 g/mol. The topological polar surface area (TPSA) is 103 Å². The van der Waals surface area contributed by atoms with Gasteiger partial charge >= 0.3 is 0 Å². The zero-order valence-electron chi connectivity index (χ0n) is 19.6. The Morgan fingerprint density at radius 3 is 2.25 bits per heavy atom. The van der Waals surface area contributed by atoms with Gasteiger partial charge < -0.3 is 24.3 Å². The van der Waals surface area contributed by atoms with Gasteiger partial charge in [0, 0.05) is 5.02 Å². The van der Waals surface area contributed by atoms with Crippen LogP contribution in [-0.2, 0) is 14.8 Å². The highest BCUT2D eigenvalue weighted by Gasteiger charge is 2.37. The van der Waals surface area contributed by atoms with E-state index in [1.807, 2.05) is 0 Å². The van der Waals surface area contributed by atoms with E-state index in [4.69, 9.17) is 30.5 Å². The lowest BCUT2D eigenvalue weighted by Crippen LogP contribution is -2.51. The zero-order valence-corrected chi connectivity index (χ0v) is 21.2. The van der Waals surface area contributed by atoms with Gasteiger partial charge in [0.2, 0.25) is 0 Å². The summed E-state index contributed by atoms with van der Waals surface area (Å²) in [5.74, 6) is 1.62. The van der Waals surface area contributed by atoms with E-state index in [-0.39, 0.29) is 36.0 Å². The normalized spacial score (nSPS) is 14.9. The molecule has 1 heterocycles. The molecule has 1 aliphatic heterocycles. The minimum absolute atomic E-state index is 0.0446. The maximum Gasteiger partial charge on any atom is 0.264 e. The highest BCUT2D eigenvalue weighted by Crippen LogP contribution is 2.39. The van der Waals surface area contributed by atoms with Crippen molar-refractivity contribution in [1.29, 1.82) is 0 Å². The van der Waals surface area contributed by atoms with E-state index in [2.05, 4.69) is 5.32 Å². The largest absolute Gasteiger partial charge is 0.497 e. The molecule has 1 amide bonds. The van der Waals surface area contributed by atoms with E-state index in [1.165, 1.54) is 25.3 Å². The molecule has 9 nitrogen and oxygen atoms in total. The number of amides is 1. The average Bonchev–Trinajstić information content (AvgIpc) is 2.90. The van der Waals surface area contributed by atoms with E-state index in [1.54, 1.807) is 55.6 Å². The standard InChI is InChI=1S/C25H25ClN2O7S/c1-32-18-4-6-20(7-5-18)34-14-13-27-25(29)24-16-28(22-15-17(26)3-12-23(22)35-24)36(30,31)21-10-8-19(33-2)9-11-21/h3-12,15,24H,13-14,16H2,1-2H3,(H,27,29). The van der Waals surface area contributed by atoms with Gasteiger partial charge in [0.25, 0.3) is 15.9 Å². The summed E-state index contributed by atoms with van der Waals surface area (Å²) in [4.78, 5) is 12.9. The second-order valence-corrected chi connectivity index (χ2v) is 10.0. The predicted octanol–water partition coefficient (Wildman–Crippen LogP) is 3.51. The second kappa shape index (κ2) is 11.0. The summed E-state index contributed by atoms with van der Waals surface area (Å²) in [5.41, 5.74) is 0.255. The van der Waals surface area contributed by atoms with Gasteiger partial charge in [0.1, 0.15) is 29.6 Å². The number of carbonyl (C=O) groups is 1.